The van der Waals surface area contributed by atoms with Crippen molar-refractivity contribution >= 4 is 28.7 Å². The molecule has 1 atom stereocenters. The van der Waals surface area contributed by atoms with Crippen molar-refractivity contribution in [2.45, 2.75) is 25.5 Å². The molecule has 0 bridgehead atoms. The molecular formula is C8H11NO3S. The van der Waals surface area contributed by atoms with E-state index in [0.717, 1.165) is 11.8 Å². The lowest BCUT2D eigenvalue weighted by Gasteiger charge is -2.10. The highest BCUT2D eigenvalue weighted by Gasteiger charge is 2.32. The highest BCUT2D eigenvalue weighted by molar-refractivity contribution is 8.14. The number of nitrogens with zero attached hydrogens (tertiary/aromatic N) is 1. The molecule has 0 radical (unpaired) electrons. The minimum atomic E-state index is -0.239. The van der Waals surface area contributed by atoms with E-state index in [1.54, 1.807) is 0 Å². The molecule has 1 heterocycles. The predicted octanol–water partition coefficient (Wildman–Crippen LogP) is 0.413. The number of hydrogen-bond acceptors (Lipinski definition) is 4. The van der Waals surface area contributed by atoms with Crippen LogP contribution in [0.4, 0.5) is 0 Å². The zero-order valence-corrected chi connectivity index (χ0v) is 8.39. The van der Waals surface area contributed by atoms with Gasteiger partial charge in [-0.25, -0.2) is 0 Å². The summed E-state index contributed by atoms with van der Waals surface area (Å²) in [5.74, 6) is -0.414. The van der Waals surface area contributed by atoms with Gasteiger partial charge in [0.2, 0.25) is 11.8 Å². The number of carbonyl (C=O) groups is 3. The summed E-state index contributed by atoms with van der Waals surface area (Å²) in [4.78, 5) is 34.0. The highest BCUT2D eigenvalue weighted by atomic mass is 32.2. The minimum absolute atomic E-state index is 0.0109. The number of rotatable bonds is 1. The Bertz CT molecular complexity index is 264. The summed E-state index contributed by atoms with van der Waals surface area (Å²) in [6.45, 7) is 3.20. The molecule has 5 heteroatoms. The van der Waals surface area contributed by atoms with Crippen molar-refractivity contribution < 1.29 is 14.4 Å². The Kier molecular flexibility index (Phi) is 3.08. The molecule has 0 saturated carbocycles. The standard InChI is InChI=1S/C8H11NO3S/c1-5(10)9-4-7(3-8(9)12)13-6(2)11/h7H,3-4H2,1-2H3/t7-/m1/s1. The minimum Gasteiger partial charge on any atom is -0.288 e. The first-order valence-corrected chi connectivity index (χ1v) is 4.87. The molecule has 2 amide bonds. The van der Waals surface area contributed by atoms with Crippen LogP contribution in [0.2, 0.25) is 0 Å². The third kappa shape index (κ3) is 2.55. The second kappa shape index (κ2) is 3.91. The lowest BCUT2D eigenvalue weighted by molar-refractivity contribution is -0.140. The van der Waals surface area contributed by atoms with Crippen molar-refractivity contribution in [3.8, 4) is 0 Å². The molecule has 0 aliphatic carbocycles. The van der Waals surface area contributed by atoms with Crippen LogP contribution in [0, 0.1) is 0 Å². The van der Waals surface area contributed by atoms with E-state index in [0.29, 0.717) is 13.0 Å². The molecule has 1 aliphatic heterocycles. The summed E-state index contributed by atoms with van der Waals surface area (Å²) in [5.41, 5.74) is 0. The topological polar surface area (TPSA) is 54.5 Å². The van der Waals surface area contributed by atoms with Crippen LogP contribution in [0.1, 0.15) is 20.3 Å². The molecule has 0 aromatic heterocycles. The molecule has 1 aliphatic rings. The summed E-state index contributed by atoms with van der Waals surface area (Å²) in [6, 6.07) is 0. The Morgan fingerprint density at radius 3 is 2.46 bits per heavy atom. The predicted molar refractivity (Wildman–Crippen MR) is 49.1 cm³/mol. The Morgan fingerprint density at radius 2 is 2.08 bits per heavy atom. The van der Waals surface area contributed by atoms with Crippen LogP contribution in [0.3, 0.4) is 0 Å². The van der Waals surface area contributed by atoms with Gasteiger partial charge in [0.25, 0.3) is 0 Å². The molecule has 1 rings (SSSR count). The molecule has 0 spiro atoms. The van der Waals surface area contributed by atoms with Gasteiger partial charge in [-0.2, -0.15) is 0 Å². The lowest BCUT2D eigenvalue weighted by atomic mass is 10.4. The van der Waals surface area contributed by atoms with Crippen molar-refractivity contribution in [2.75, 3.05) is 6.54 Å². The van der Waals surface area contributed by atoms with Crippen molar-refractivity contribution in [1.29, 1.82) is 0 Å². The first-order valence-electron chi connectivity index (χ1n) is 3.99. The molecule has 0 aromatic carbocycles. The van der Waals surface area contributed by atoms with E-state index in [2.05, 4.69) is 0 Å². The number of thioether (sulfide) groups is 1. The third-order valence-electron chi connectivity index (χ3n) is 1.80. The Hall–Kier alpha value is -0.840. The summed E-state index contributed by atoms with van der Waals surface area (Å²) in [5, 5.41) is -0.0582. The smallest absolute Gasteiger partial charge is 0.230 e. The average molecular weight is 201 g/mol. The van der Waals surface area contributed by atoms with E-state index < -0.39 is 0 Å². The van der Waals surface area contributed by atoms with Gasteiger partial charge in [-0.3, -0.25) is 19.3 Å². The van der Waals surface area contributed by atoms with Crippen molar-refractivity contribution in [2.24, 2.45) is 0 Å². The number of likely N-dealkylation sites (tertiary alicyclic amines) is 1. The van der Waals surface area contributed by atoms with Crippen molar-refractivity contribution in [3.63, 3.8) is 0 Å². The van der Waals surface area contributed by atoms with E-state index in [9.17, 15) is 14.4 Å². The van der Waals surface area contributed by atoms with E-state index in [-0.39, 0.29) is 22.2 Å². The number of imide groups is 1. The zero-order valence-electron chi connectivity index (χ0n) is 7.57. The maximum atomic E-state index is 11.2. The summed E-state index contributed by atoms with van der Waals surface area (Å²) < 4.78 is 0. The molecule has 13 heavy (non-hydrogen) atoms. The third-order valence-corrected chi connectivity index (χ3v) is 2.78. The van der Waals surface area contributed by atoms with E-state index in [1.807, 2.05) is 0 Å². The van der Waals surface area contributed by atoms with E-state index in [1.165, 1.54) is 18.7 Å². The molecule has 0 N–H and O–H groups in total. The first kappa shape index (κ1) is 10.2. The zero-order chi connectivity index (χ0) is 10.0. The number of amides is 2. The van der Waals surface area contributed by atoms with Gasteiger partial charge in [0.15, 0.2) is 5.12 Å². The maximum Gasteiger partial charge on any atom is 0.230 e. The van der Waals surface area contributed by atoms with Gasteiger partial charge >= 0.3 is 0 Å². The Labute approximate surface area is 80.7 Å². The fraction of sp³-hybridized carbons (Fsp3) is 0.625. The molecule has 0 aromatic rings. The summed E-state index contributed by atoms with van der Waals surface area (Å²) in [6.07, 6.45) is 0.295. The largest absolute Gasteiger partial charge is 0.288 e. The Balaban J connectivity index is 2.55. The lowest BCUT2D eigenvalue weighted by Crippen LogP contribution is -2.30. The fourth-order valence-corrected chi connectivity index (χ4v) is 2.21. The van der Waals surface area contributed by atoms with Crippen LogP contribution in [0.25, 0.3) is 0 Å². The van der Waals surface area contributed by atoms with Gasteiger partial charge in [0.1, 0.15) is 0 Å². The van der Waals surface area contributed by atoms with Gasteiger partial charge in [-0.15, -0.1) is 0 Å². The normalized spacial score (nSPS) is 22.2. The summed E-state index contributed by atoms with van der Waals surface area (Å²) >= 11 is 1.13. The number of hydrogen-bond donors (Lipinski definition) is 0. The van der Waals surface area contributed by atoms with Gasteiger partial charge in [0, 0.05) is 32.1 Å². The quantitative estimate of drug-likeness (QED) is 0.616. The van der Waals surface area contributed by atoms with E-state index >= 15 is 0 Å². The molecule has 0 unspecified atom stereocenters. The molecule has 4 nitrogen and oxygen atoms in total. The molecular weight excluding hydrogens is 190 g/mol. The van der Waals surface area contributed by atoms with Crippen molar-refractivity contribution in [1.82, 2.24) is 4.90 Å². The SMILES string of the molecule is CC(=O)S[C@@H]1CC(=O)N(C(C)=O)C1. The van der Waals surface area contributed by atoms with Gasteiger partial charge in [-0.1, -0.05) is 11.8 Å². The van der Waals surface area contributed by atoms with E-state index in [4.69, 9.17) is 0 Å². The van der Waals surface area contributed by atoms with Crippen LogP contribution in [-0.4, -0.2) is 33.6 Å². The van der Waals surface area contributed by atoms with Gasteiger partial charge < -0.3 is 0 Å². The second-order valence-electron chi connectivity index (χ2n) is 2.96. The van der Waals surface area contributed by atoms with Gasteiger partial charge in [0.05, 0.1) is 0 Å². The van der Waals surface area contributed by atoms with Crippen LogP contribution < -0.4 is 0 Å². The van der Waals surface area contributed by atoms with Gasteiger partial charge in [-0.05, 0) is 0 Å². The van der Waals surface area contributed by atoms with Crippen LogP contribution >= 0.6 is 11.8 Å². The number of carbonyl (C=O) groups excluding carboxylic acids is 3. The maximum absolute atomic E-state index is 11.2. The van der Waals surface area contributed by atoms with Crippen molar-refractivity contribution in [3.05, 3.63) is 0 Å². The molecule has 1 saturated heterocycles. The van der Waals surface area contributed by atoms with Crippen LogP contribution in [0.5, 0.6) is 0 Å². The first-order chi connectivity index (χ1) is 6.00. The van der Waals surface area contributed by atoms with Crippen LogP contribution in [0.15, 0.2) is 0 Å². The monoisotopic (exact) mass is 201 g/mol. The summed E-state index contributed by atoms with van der Waals surface area (Å²) in [7, 11) is 0. The van der Waals surface area contributed by atoms with Crippen LogP contribution in [-0.2, 0) is 14.4 Å². The second-order valence-corrected chi connectivity index (χ2v) is 4.44. The molecule has 1 fully saturated rings. The highest BCUT2D eigenvalue weighted by Crippen LogP contribution is 2.23. The Morgan fingerprint density at radius 1 is 1.46 bits per heavy atom. The fourth-order valence-electron chi connectivity index (χ4n) is 1.29. The average Bonchev–Trinajstić information content (AvgIpc) is 2.29. The molecule has 72 valence electrons.